The van der Waals surface area contributed by atoms with Crippen LogP contribution in [0.2, 0.25) is 0 Å². The van der Waals surface area contributed by atoms with E-state index in [-0.39, 0.29) is 21.1 Å². The zero-order valence-corrected chi connectivity index (χ0v) is 29.2. The van der Waals surface area contributed by atoms with Gasteiger partial charge in [0.2, 0.25) is 0 Å². The van der Waals surface area contributed by atoms with Gasteiger partial charge in [0.25, 0.3) is 0 Å². The minimum absolute atomic E-state index is 0. The number of nitrogens with zero attached hydrogens (tertiary/aromatic N) is 4. The van der Waals surface area contributed by atoms with E-state index in [1.807, 2.05) is 88.8 Å². The molecule has 0 fully saturated rings. The molecular formula is C39H34N4O3Pt. The number of hydrogen-bond acceptors (Lipinski definition) is 5. The molecule has 0 atom stereocenters. The van der Waals surface area contributed by atoms with Crippen LogP contribution in [0.5, 0.6) is 23.0 Å². The van der Waals surface area contributed by atoms with E-state index >= 15 is 0 Å². The van der Waals surface area contributed by atoms with Gasteiger partial charge in [-0.15, -0.1) is 35.7 Å². The first-order chi connectivity index (χ1) is 22.4. The molecule has 7 rings (SSSR count). The second-order valence-electron chi connectivity index (χ2n) is 11.3. The second kappa shape index (κ2) is 13.5. The minimum atomic E-state index is 0. The summed E-state index contributed by atoms with van der Waals surface area (Å²) in [6, 6.07) is 31.4. The van der Waals surface area contributed by atoms with Crippen LogP contribution in [-0.2, 0) is 21.1 Å². The van der Waals surface area contributed by atoms with E-state index in [1.54, 1.807) is 4.68 Å². The second-order valence-corrected chi connectivity index (χ2v) is 11.3. The largest absolute Gasteiger partial charge is 2.00 e. The first-order valence-corrected chi connectivity index (χ1v) is 15.5. The van der Waals surface area contributed by atoms with Crippen molar-refractivity contribution in [3.8, 4) is 45.6 Å². The van der Waals surface area contributed by atoms with Gasteiger partial charge in [-0.3, -0.25) is 4.68 Å². The van der Waals surface area contributed by atoms with E-state index in [1.165, 1.54) is 0 Å². The Bertz CT molecular complexity index is 2190. The van der Waals surface area contributed by atoms with E-state index in [4.69, 9.17) is 19.3 Å². The molecule has 3 heterocycles. The van der Waals surface area contributed by atoms with Gasteiger partial charge in [0.05, 0.1) is 25.0 Å². The van der Waals surface area contributed by atoms with Crippen LogP contribution in [0.3, 0.4) is 0 Å². The summed E-state index contributed by atoms with van der Waals surface area (Å²) in [7, 11) is 0. The van der Waals surface area contributed by atoms with Crippen molar-refractivity contribution in [2.24, 2.45) is 0 Å². The molecule has 0 saturated heterocycles. The molecule has 0 unspecified atom stereocenters. The number of rotatable bonds is 9. The molecule has 47 heavy (non-hydrogen) atoms. The number of ether oxygens (including phenoxy) is 3. The van der Waals surface area contributed by atoms with Gasteiger partial charge in [0, 0.05) is 35.0 Å². The summed E-state index contributed by atoms with van der Waals surface area (Å²) in [6.45, 7) is 11.2. The van der Waals surface area contributed by atoms with Gasteiger partial charge in [-0.2, -0.15) is 16.7 Å². The number of aryl methyl sites for hydroxylation is 3. The smallest absolute Gasteiger partial charge is 0.509 e. The van der Waals surface area contributed by atoms with Crippen molar-refractivity contribution in [2.75, 3.05) is 13.2 Å². The summed E-state index contributed by atoms with van der Waals surface area (Å²) in [5, 5.41) is 6.91. The number of aromatic nitrogens is 4. The molecule has 0 N–H and O–H groups in total. The van der Waals surface area contributed by atoms with Crippen LogP contribution < -0.4 is 14.2 Å². The number of pyridine rings is 1. The van der Waals surface area contributed by atoms with Crippen LogP contribution in [0.1, 0.15) is 30.5 Å². The fourth-order valence-electron chi connectivity index (χ4n) is 5.90. The molecule has 0 aliphatic heterocycles. The normalized spacial score (nSPS) is 11.1. The standard InChI is InChI=1S/C39H34N4O3.Pt/c1-6-44-36-18-27(5)19-37(45-7-2)39(36)28-23-41-42(24-28)29-16-26(4)17-31(21-29)46-30-12-13-33-32-10-8-9-11-34(32)43(35(33)22-30)38-20-25(3)14-15-40-38;/h8-20,23-24H,6-7H2,1-5H3;/q-2;+2. The monoisotopic (exact) mass is 801 g/mol. The molecule has 0 aliphatic rings. The van der Waals surface area contributed by atoms with Crippen LogP contribution in [-0.4, -0.2) is 32.5 Å². The number of benzene rings is 4. The Kier molecular flexibility index (Phi) is 9.19. The molecule has 0 spiro atoms. The molecule has 0 saturated carbocycles. The Morgan fingerprint density at radius 1 is 0.745 bits per heavy atom. The zero-order valence-electron chi connectivity index (χ0n) is 26.9. The van der Waals surface area contributed by atoms with Crippen molar-refractivity contribution >= 4 is 21.8 Å². The van der Waals surface area contributed by atoms with Crippen molar-refractivity contribution in [1.29, 1.82) is 0 Å². The maximum Gasteiger partial charge on any atom is 2.00 e. The van der Waals surface area contributed by atoms with E-state index in [0.717, 1.165) is 72.6 Å². The number of fused-ring (bicyclic) bond motifs is 3. The third-order valence-corrected chi connectivity index (χ3v) is 7.81. The van der Waals surface area contributed by atoms with Crippen LogP contribution in [0.15, 0.2) is 91.4 Å². The molecule has 7 aromatic rings. The maximum atomic E-state index is 6.42. The molecule has 7 nitrogen and oxygen atoms in total. The summed E-state index contributed by atoms with van der Waals surface area (Å²) < 4.78 is 22.4. The fraction of sp³-hybridized carbons (Fsp3) is 0.179. The van der Waals surface area contributed by atoms with E-state index in [0.29, 0.717) is 24.7 Å². The first-order valence-electron chi connectivity index (χ1n) is 15.5. The van der Waals surface area contributed by atoms with Crippen molar-refractivity contribution in [2.45, 2.75) is 34.6 Å². The van der Waals surface area contributed by atoms with Crippen molar-refractivity contribution in [3.05, 3.63) is 120 Å². The zero-order chi connectivity index (χ0) is 31.8. The predicted molar refractivity (Wildman–Crippen MR) is 182 cm³/mol. The van der Waals surface area contributed by atoms with E-state index in [2.05, 4.69) is 58.9 Å². The van der Waals surface area contributed by atoms with Gasteiger partial charge < -0.3 is 18.8 Å². The van der Waals surface area contributed by atoms with E-state index < -0.39 is 0 Å². The third kappa shape index (κ3) is 6.28. The number of hydrogen-bond donors (Lipinski definition) is 0. The van der Waals surface area contributed by atoms with Crippen molar-refractivity contribution < 1.29 is 35.3 Å². The Morgan fingerprint density at radius 2 is 1.49 bits per heavy atom. The molecule has 0 radical (unpaired) electrons. The van der Waals surface area contributed by atoms with Crippen LogP contribution in [0.4, 0.5) is 0 Å². The number of para-hydroxylation sites is 1. The van der Waals surface area contributed by atoms with Crippen LogP contribution in [0, 0.1) is 32.9 Å². The molecule has 3 aromatic heterocycles. The molecular weight excluding hydrogens is 768 g/mol. The summed E-state index contributed by atoms with van der Waals surface area (Å²) in [6.07, 6.45) is 5.63. The Labute approximate surface area is 289 Å². The average molecular weight is 802 g/mol. The quantitative estimate of drug-likeness (QED) is 0.136. The summed E-state index contributed by atoms with van der Waals surface area (Å²) in [5.41, 5.74) is 7.71. The molecule has 0 bridgehead atoms. The molecule has 0 aliphatic carbocycles. The topological polar surface area (TPSA) is 63.3 Å². The Morgan fingerprint density at radius 3 is 2.23 bits per heavy atom. The molecule has 238 valence electrons. The summed E-state index contributed by atoms with van der Waals surface area (Å²) in [5.74, 6) is 3.53. The summed E-state index contributed by atoms with van der Waals surface area (Å²) in [4.78, 5) is 4.68. The minimum Gasteiger partial charge on any atom is -0.509 e. The molecule has 0 amide bonds. The third-order valence-electron chi connectivity index (χ3n) is 7.81. The van der Waals surface area contributed by atoms with Gasteiger partial charge in [0.1, 0.15) is 17.3 Å². The maximum absolute atomic E-state index is 6.42. The van der Waals surface area contributed by atoms with Gasteiger partial charge >= 0.3 is 21.1 Å². The first kappa shape index (κ1) is 32.1. The summed E-state index contributed by atoms with van der Waals surface area (Å²) >= 11 is 0. The van der Waals surface area contributed by atoms with Crippen molar-refractivity contribution in [1.82, 2.24) is 19.3 Å². The van der Waals surface area contributed by atoms with Gasteiger partial charge in [-0.05, 0) is 80.2 Å². The van der Waals surface area contributed by atoms with Crippen LogP contribution in [0.25, 0.3) is 44.4 Å². The van der Waals surface area contributed by atoms with E-state index in [9.17, 15) is 0 Å². The molecule has 4 aromatic carbocycles. The van der Waals surface area contributed by atoms with Gasteiger partial charge in [0.15, 0.2) is 0 Å². The van der Waals surface area contributed by atoms with Gasteiger partial charge in [-0.1, -0.05) is 30.6 Å². The fourth-order valence-corrected chi connectivity index (χ4v) is 5.90. The Balaban J connectivity index is 0.00000386. The Hall–Kier alpha value is -4.87. The van der Waals surface area contributed by atoms with Crippen LogP contribution >= 0.6 is 0 Å². The van der Waals surface area contributed by atoms with Crippen molar-refractivity contribution in [3.63, 3.8) is 0 Å². The molecule has 8 heteroatoms. The average Bonchev–Trinajstić information content (AvgIpc) is 3.64. The van der Waals surface area contributed by atoms with Gasteiger partial charge in [-0.25, -0.2) is 4.98 Å². The predicted octanol–water partition coefficient (Wildman–Crippen LogP) is 9.14. The SMILES string of the molecule is CCOc1cc(C)cc(OCC)c1-c1cnn(-c2[c-]c(Oc3[c-]c4c(cc3)c3ccccc3n4-c3cc(C)ccn3)cc(C)c2)c1.[Pt+2].